The van der Waals surface area contributed by atoms with Crippen LogP contribution in [-0.4, -0.2) is 35.1 Å². The molecule has 10 heteroatoms. The van der Waals surface area contributed by atoms with Crippen molar-refractivity contribution in [3.63, 3.8) is 0 Å². The molecule has 3 aromatic carbocycles. The lowest BCUT2D eigenvalue weighted by Crippen LogP contribution is -2.36. The number of rotatable bonds is 9. The Morgan fingerprint density at radius 1 is 1.10 bits per heavy atom. The van der Waals surface area contributed by atoms with Crippen molar-refractivity contribution in [1.29, 1.82) is 0 Å². The molecular weight excluding hydrogens is 651 g/mol. The third kappa shape index (κ3) is 7.14. The van der Waals surface area contributed by atoms with E-state index in [-0.39, 0.29) is 18.1 Å². The summed E-state index contributed by atoms with van der Waals surface area (Å²) >= 11 is 9.20. The summed E-state index contributed by atoms with van der Waals surface area (Å²) in [6.07, 6.45) is 1.62. The molecule has 1 N–H and O–H groups in total. The lowest BCUT2D eigenvalue weighted by atomic mass is 10.1. The van der Waals surface area contributed by atoms with Gasteiger partial charge in [-0.15, -0.1) is 0 Å². The molecule has 1 aliphatic rings. The number of hydrogen-bond donors (Lipinski definition) is 1. The molecule has 1 heterocycles. The number of ether oxygens (including phenoxy) is 2. The van der Waals surface area contributed by atoms with Crippen LogP contribution in [0.4, 0.5) is 10.5 Å². The lowest BCUT2D eigenvalue weighted by molar-refractivity contribution is -0.127. The topological polar surface area (TPSA) is 84.9 Å². The van der Waals surface area contributed by atoms with Gasteiger partial charge in [0.2, 0.25) is 5.91 Å². The van der Waals surface area contributed by atoms with E-state index < -0.39 is 17.1 Å². The maximum atomic E-state index is 13.0. The molecule has 0 bridgehead atoms. The fourth-order valence-electron chi connectivity index (χ4n) is 3.91. The molecule has 39 heavy (non-hydrogen) atoms. The molecule has 0 aliphatic carbocycles. The number of benzene rings is 3. The highest BCUT2D eigenvalue weighted by Gasteiger charge is 2.36. The minimum absolute atomic E-state index is 0.224. The van der Waals surface area contributed by atoms with Crippen molar-refractivity contribution in [3.8, 4) is 11.5 Å². The molecule has 0 aromatic heterocycles. The Bertz CT molecular complexity index is 1480. The Morgan fingerprint density at radius 2 is 1.87 bits per heavy atom. The summed E-state index contributed by atoms with van der Waals surface area (Å²) in [7, 11) is 0. The zero-order chi connectivity index (χ0) is 28.1. The van der Waals surface area contributed by atoms with Crippen molar-refractivity contribution in [2.24, 2.45) is 0 Å². The van der Waals surface area contributed by atoms with E-state index in [1.54, 1.807) is 24.3 Å². The van der Waals surface area contributed by atoms with Crippen LogP contribution in [-0.2, 0) is 16.2 Å². The van der Waals surface area contributed by atoms with Crippen molar-refractivity contribution < 1.29 is 23.9 Å². The highest BCUT2D eigenvalue weighted by Crippen LogP contribution is 2.38. The largest absolute Gasteiger partial charge is 0.490 e. The van der Waals surface area contributed by atoms with Crippen LogP contribution in [0.3, 0.4) is 0 Å². The highest BCUT2D eigenvalue weighted by atomic mass is 127. The first kappa shape index (κ1) is 29.0. The fraction of sp³-hybridized carbons (Fsp3) is 0.207. The summed E-state index contributed by atoms with van der Waals surface area (Å²) in [5.74, 6) is 0.104. The predicted octanol–water partition coefficient (Wildman–Crippen LogP) is 7.21. The molecular formula is C29H26ClIN2O5S. The van der Waals surface area contributed by atoms with Gasteiger partial charge in [0.15, 0.2) is 11.5 Å². The average molecular weight is 677 g/mol. The number of imide groups is 1. The average Bonchev–Trinajstić information content (AvgIpc) is 3.13. The van der Waals surface area contributed by atoms with Gasteiger partial charge in [0, 0.05) is 16.3 Å². The summed E-state index contributed by atoms with van der Waals surface area (Å²) in [4.78, 5) is 39.4. The number of anilines is 1. The van der Waals surface area contributed by atoms with E-state index in [1.807, 2.05) is 57.2 Å². The second kappa shape index (κ2) is 12.9. The zero-order valence-corrected chi connectivity index (χ0v) is 25.3. The first-order valence-electron chi connectivity index (χ1n) is 12.1. The third-order valence-corrected chi connectivity index (χ3v) is 7.87. The van der Waals surface area contributed by atoms with Crippen molar-refractivity contribution in [2.45, 2.75) is 27.4 Å². The van der Waals surface area contributed by atoms with Crippen molar-refractivity contribution in [1.82, 2.24) is 4.90 Å². The van der Waals surface area contributed by atoms with Gasteiger partial charge in [0.25, 0.3) is 11.1 Å². The number of nitrogens with zero attached hydrogens (tertiary/aromatic N) is 1. The van der Waals surface area contributed by atoms with Crippen molar-refractivity contribution in [3.05, 3.63) is 90.3 Å². The van der Waals surface area contributed by atoms with E-state index >= 15 is 0 Å². The second-order valence-corrected chi connectivity index (χ2v) is 11.3. The van der Waals surface area contributed by atoms with E-state index in [4.69, 9.17) is 21.1 Å². The summed E-state index contributed by atoms with van der Waals surface area (Å²) in [5.41, 5.74) is 4.12. The van der Waals surface area contributed by atoms with Gasteiger partial charge in [0.1, 0.15) is 13.2 Å². The summed E-state index contributed by atoms with van der Waals surface area (Å²) in [6, 6.07) is 16.7. The van der Waals surface area contributed by atoms with Crippen LogP contribution in [0.15, 0.2) is 59.5 Å². The molecule has 4 rings (SSSR count). The van der Waals surface area contributed by atoms with Gasteiger partial charge in [-0.25, -0.2) is 0 Å². The second-order valence-electron chi connectivity index (χ2n) is 8.78. The standard InChI is InChI=1S/C29H26ClIN2O5S/c1-4-37-24-13-19(12-22(31)27(24)38-16-20-7-5-6-8-21(20)30)14-25-28(35)33(29(36)39-25)15-26(34)32-23-10-9-17(2)11-18(23)3/h5-14H,4,15-16H2,1-3H3,(H,32,34)/b25-14+. The molecule has 1 fully saturated rings. The molecule has 3 amide bonds. The van der Waals surface area contributed by atoms with Gasteiger partial charge in [-0.3, -0.25) is 19.3 Å². The molecule has 0 radical (unpaired) electrons. The number of carbonyl (C=O) groups is 3. The lowest BCUT2D eigenvalue weighted by Gasteiger charge is -2.15. The maximum absolute atomic E-state index is 13.0. The molecule has 0 atom stereocenters. The van der Waals surface area contributed by atoms with E-state index in [9.17, 15) is 14.4 Å². The monoisotopic (exact) mass is 676 g/mol. The van der Waals surface area contributed by atoms with Gasteiger partial charge < -0.3 is 14.8 Å². The predicted molar refractivity (Wildman–Crippen MR) is 163 cm³/mol. The van der Waals surface area contributed by atoms with E-state index in [1.165, 1.54) is 0 Å². The van der Waals surface area contributed by atoms with Crippen LogP contribution in [0, 0.1) is 17.4 Å². The van der Waals surface area contributed by atoms with E-state index in [0.29, 0.717) is 34.4 Å². The first-order valence-corrected chi connectivity index (χ1v) is 14.4. The Hall–Kier alpha value is -3.02. The molecule has 0 saturated carbocycles. The molecule has 1 saturated heterocycles. The van der Waals surface area contributed by atoms with E-state index in [0.717, 1.165) is 36.9 Å². The van der Waals surface area contributed by atoms with Crippen LogP contribution < -0.4 is 14.8 Å². The Balaban J connectivity index is 1.50. The number of thioether (sulfide) groups is 1. The number of carbonyl (C=O) groups excluding carboxylic acids is 3. The van der Waals surface area contributed by atoms with Crippen LogP contribution >= 0.6 is 46.0 Å². The van der Waals surface area contributed by atoms with Gasteiger partial charge in [-0.1, -0.05) is 47.5 Å². The molecule has 3 aromatic rings. The minimum atomic E-state index is -0.521. The number of hydrogen-bond acceptors (Lipinski definition) is 6. The Morgan fingerprint density at radius 3 is 2.59 bits per heavy atom. The SMILES string of the molecule is CCOc1cc(/C=C2/SC(=O)N(CC(=O)Nc3ccc(C)cc3C)C2=O)cc(I)c1OCc1ccccc1Cl. The quantitative estimate of drug-likeness (QED) is 0.191. The smallest absolute Gasteiger partial charge is 0.294 e. The Kier molecular flexibility index (Phi) is 9.58. The van der Waals surface area contributed by atoms with Crippen LogP contribution in [0.1, 0.15) is 29.2 Å². The van der Waals surface area contributed by atoms with Crippen LogP contribution in [0.5, 0.6) is 11.5 Å². The number of amides is 3. The fourth-order valence-corrected chi connectivity index (χ4v) is 5.72. The van der Waals surface area contributed by atoms with E-state index in [2.05, 4.69) is 27.9 Å². The zero-order valence-electron chi connectivity index (χ0n) is 21.5. The molecule has 7 nitrogen and oxygen atoms in total. The Labute approximate surface area is 250 Å². The van der Waals surface area contributed by atoms with Gasteiger partial charge in [-0.05, 0) is 96.6 Å². The first-order chi connectivity index (χ1) is 18.7. The summed E-state index contributed by atoms with van der Waals surface area (Å²) in [6.45, 7) is 6.02. The number of nitrogens with one attached hydrogen (secondary N) is 1. The maximum Gasteiger partial charge on any atom is 0.294 e. The van der Waals surface area contributed by atoms with Crippen molar-refractivity contribution >= 4 is 74.8 Å². The summed E-state index contributed by atoms with van der Waals surface area (Å²) in [5, 5.41) is 2.89. The number of halogens is 2. The third-order valence-electron chi connectivity index (χ3n) is 5.79. The molecule has 0 spiro atoms. The van der Waals surface area contributed by atoms with Gasteiger partial charge >= 0.3 is 0 Å². The van der Waals surface area contributed by atoms with Crippen LogP contribution in [0.25, 0.3) is 6.08 Å². The summed E-state index contributed by atoms with van der Waals surface area (Å²) < 4.78 is 12.6. The molecule has 0 unspecified atom stereocenters. The van der Waals surface area contributed by atoms with Gasteiger partial charge in [-0.2, -0.15) is 0 Å². The molecule has 202 valence electrons. The number of aryl methyl sites for hydroxylation is 2. The normalized spacial score (nSPS) is 14.2. The molecule has 1 aliphatic heterocycles. The minimum Gasteiger partial charge on any atom is -0.490 e. The van der Waals surface area contributed by atoms with Crippen LogP contribution in [0.2, 0.25) is 5.02 Å². The highest BCUT2D eigenvalue weighted by molar-refractivity contribution is 14.1. The van der Waals surface area contributed by atoms with Gasteiger partial charge in [0.05, 0.1) is 15.1 Å². The van der Waals surface area contributed by atoms with Crippen molar-refractivity contribution in [2.75, 3.05) is 18.5 Å².